The Morgan fingerprint density at radius 1 is 1.43 bits per heavy atom. The van der Waals surface area contributed by atoms with Crippen molar-refractivity contribution >= 4 is 5.91 Å². The van der Waals surface area contributed by atoms with E-state index in [1.54, 1.807) is 5.48 Å². The second-order valence-electron chi connectivity index (χ2n) is 4.91. The monoisotopic (exact) mass is 199 g/mol. The molecule has 3 heteroatoms. The van der Waals surface area contributed by atoms with E-state index in [1.165, 1.54) is 6.42 Å². The van der Waals surface area contributed by atoms with Gasteiger partial charge in [-0.3, -0.25) is 10.0 Å². The normalized spacial score (nSPS) is 33.1. The smallest absolute Gasteiger partial charge is 0.246 e. The zero-order valence-electron chi connectivity index (χ0n) is 9.29. The summed E-state index contributed by atoms with van der Waals surface area (Å²) in [5, 5.41) is 8.67. The van der Waals surface area contributed by atoms with Gasteiger partial charge in [0.2, 0.25) is 5.91 Å². The minimum atomic E-state index is -0.199. The van der Waals surface area contributed by atoms with Crippen molar-refractivity contribution < 1.29 is 10.0 Å². The summed E-state index contributed by atoms with van der Waals surface area (Å²) in [6.07, 6.45) is 3.23. The van der Waals surface area contributed by atoms with Crippen molar-refractivity contribution in [2.24, 2.45) is 23.7 Å². The van der Waals surface area contributed by atoms with Gasteiger partial charge in [-0.05, 0) is 30.6 Å². The highest BCUT2D eigenvalue weighted by atomic mass is 16.5. The van der Waals surface area contributed by atoms with Gasteiger partial charge < -0.3 is 0 Å². The predicted octanol–water partition coefficient (Wildman–Crippen LogP) is 2.20. The quantitative estimate of drug-likeness (QED) is 0.529. The van der Waals surface area contributed by atoms with Gasteiger partial charge in [0, 0.05) is 5.92 Å². The first-order chi connectivity index (χ1) is 6.56. The molecule has 14 heavy (non-hydrogen) atoms. The Hall–Kier alpha value is -0.570. The van der Waals surface area contributed by atoms with Crippen LogP contribution in [0.1, 0.15) is 40.0 Å². The molecule has 1 aliphatic rings. The molecule has 82 valence electrons. The van der Waals surface area contributed by atoms with Gasteiger partial charge >= 0.3 is 0 Å². The summed E-state index contributed by atoms with van der Waals surface area (Å²) in [7, 11) is 0. The molecule has 3 nitrogen and oxygen atoms in total. The molecule has 1 fully saturated rings. The minimum absolute atomic E-state index is 0.00347. The van der Waals surface area contributed by atoms with E-state index in [0.29, 0.717) is 17.8 Å². The molecule has 1 amide bonds. The van der Waals surface area contributed by atoms with Crippen LogP contribution in [-0.2, 0) is 4.79 Å². The minimum Gasteiger partial charge on any atom is -0.289 e. The molecule has 0 aliphatic heterocycles. The molecule has 0 heterocycles. The summed E-state index contributed by atoms with van der Waals surface area (Å²) in [5.41, 5.74) is 1.80. The third-order valence-electron chi connectivity index (χ3n) is 3.47. The lowest BCUT2D eigenvalue weighted by Gasteiger charge is -2.35. The highest BCUT2D eigenvalue weighted by Gasteiger charge is 2.35. The number of carbonyl (C=O) groups excluding carboxylic acids is 1. The molecule has 0 aromatic carbocycles. The Balaban J connectivity index is 2.68. The van der Waals surface area contributed by atoms with E-state index in [4.69, 9.17) is 5.21 Å². The van der Waals surface area contributed by atoms with Crippen LogP contribution in [0.4, 0.5) is 0 Å². The Morgan fingerprint density at radius 3 is 2.57 bits per heavy atom. The van der Waals surface area contributed by atoms with Gasteiger partial charge in [0.1, 0.15) is 0 Å². The van der Waals surface area contributed by atoms with Crippen LogP contribution >= 0.6 is 0 Å². The standard InChI is InChI=1S/C11H21NO2/c1-7(2)9-5-4-8(3)6-10(9)11(13)12-14/h7-10,14H,4-6H2,1-3H3,(H,12,13)/t8-,9+,10-/m1/s1. The number of amides is 1. The summed E-state index contributed by atoms with van der Waals surface area (Å²) < 4.78 is 0. The van der Waals surface area contributed by atoms with Gasteiger partial charge in [0.05, 0.1) is 0 Å². The number of hydroxylamine groups is 1. The summed E-state index contributed by atoms with van der Waals surface area (Å²) >= 11 is 0. The van der Waals surface area contributed by atoms with Gasteiger partial charge in [-0.25, -0.2) is 5.48 Å². The lowest BCUT2D eigenvalue weighted by molar-refractivity contribution is -0.137. The van der Waals surface area contributed by atoms with Gasteiger partial charge in [0.15, 0.2) is 0 Å². The van der Waals surface area contributed by atoms with Crippen molar-refractivity contribution in [2.45, 2.75) is 40.0 Å². The van der Waals surface area contributed by atoms with Crippen LogP contribution in [0.5, 0.6) is 0 Å². The van der Waals surface area contributed by atoms with Crippen LogP contribution in [0.25, 0.3) is 0 Å². The van der Waals surface area contributed by atoms with Crippen molar-refractivity contribution in [3.8, 4) is 0 Å². The van der Waals surface area contributed by atoms with Gasteiger partial charge in [0.25, 0.3) is 0 Å². The largest absolute Gasteiger partial charge is 0.289 e. The lowest BCUT2D eigenvalue weighted by atomic mass is 9.70. The van der Waals surface area contributed by atoms with Crippen molar-refractivity contribution in [3.63, 3.8) is 0 Å². The van der Waals surface area contributed by atoms with Crippen LogP contribution < -0.4 is 5.48 Å². The molecule has 3 atom stereocenters. The first-order valence-corrected chi connectivity index (χ1v) is 5.50. The van der Waals surface area contributed by atoms with Crippen LogP contribution in [-0.4, -0.2) is 11.1 Å². The number of rotatable bonds is 2. The predicted molar refractivity (Wildman–Crippen MR) is 54.8 cm³/mol. The summed E-state index contributed by atoms with van der Waals surface area (Å²) in [5.74, 6) is 1.36. The Labute approximate surface area is 85.8 Å². The molecule has 2 N–H and O–H groups in total. The molecule has 0 saturated heterocycles. The van der Waals surface area contributed by atoms with E-state index in [2.05, 4.69) is 20.8 Å². The topological polar surface area (TPSA) is 49.3 Å². The van der Waals surface area contributed by atoms with Crippen LogP contribution in [0.15, 0.2) is 0 Å². The van der Waals surface area contributed by atoms with Crippen LogP contribution in [0, 0.1) is 23.7 Å². The zero-order chi connectivity index (χ0) is 10.7. The zero-order valence-corrected chi connectivity index (χ0v) is 9.29. The van der Waals surface area contributed by atoms with Crippen molar-refractivity contribution in [2.75, 3.05) is 0 Å². The molecule has 0 spiro atoms. The van der Waals surface area contributed by atoms with Crippen molar-refractivity contribution in [1.29, 1.82) is 0 Å². The molecular weight excluding hydrogens is 178 g/mol. The van der Waals surface area contributed by atoms with Crippen LogP contribution in [0.2, 0.25) is 0 Å². The molecule has 0 aromatic rings. The molecule has 1 rings (SSSR count). The van der Waals surface area contributed by atoms with E-state index in [0.717, 1.165) is 12.8 Å². The maximum atomic E-state index is 11.5. The third kappa shape index (κ3) is 2.47. The lowest BCUT2D eigenvalue weighted by Crippen LogP contribution is -2.38. The fraction of sp³-hybridized carbons (Fsp3) is 0.909. The summed E-state index contributed by atoms with van der Waals surface area (Å²) in [6, 6.07) is 0. The summed E-state index contributed by atoms with van der Waals surface area (Å²) in [4.78, 5) is 11.5. The molecule has 1 saturated carbocycles. The molecular formula is C11H21NO2. The molecule has 0 bridgehead atoms. The van der Waals surface area contributed by atoms with Crippen molar-refractivity contribution in [3.05, 3.63) is 0 Å². The maximum Gasteiger partial charge on any atom is 0.246 e. The number of hydrogen-bond acceptors (Lipinski definition) is 2. The highest BCUT2D eigenvalue weighted by Crippen LogP contribution is 2.37. The first kappa shape index (κ1) is 11.5. The fourth-order valence-electron chi connectivity index (χ4n) is 2.59. The van der Waals surface area contributed by atoms with Crippen LogP contribution in [0.3, 0.4) is 0 Å². The number of carbonyl (C=O) groups is 1. The van der Waals surface area contributed by atoms with E-state index in [1.807, 2.05) is 0 Å². The van der Waals surface area contributed by atoms with E-state index in [-0.39, 0.29) is 11.8 Å². The third-order valence-corrected chi connectivity index (χ3v) is 3.47. The Bertz CT molecular complexity index is 203. The van der Waals surface area contributed by atoms with E-state index in [9.17, 15) is 4.79 Å². The molecule has 0 aromatic heterocycles. The number of nitrogens with one attached hydrogen (secondary N) is 1. The molecule has 1 aliphatic carbocycles. The SMILES string of the molecule is CC(C)[C@@H]1CC[C@@H](C)C[C@H]1C(=O)NO. The second kappa shape index (κ2) is 4.78. The number of hydrogen-bond donors (Lipinski definition) is 2. The second-order valence-corrected chi connectivity index (χ2v) is 4.91. The fourth-order valence-corrected chi connectivity index (χ4v) is 2.59. The van der Waals surface area contributed by atoms with E-state index >= 15 is 0 Å². The van der Waals surface area contributed by atoms with Gasteiger partial charge in [-0.1, -0.05) is 27.2 Å². The average molecular weight is 199 g/mol. The highest BCUT2D eigenvalue weighted by molar-refractivity contribution is 5.77. The Kier molecular flexibility index (Phi) is 3.93. The van der Waals surface area contributed by atoms with E-state index < -0.39 is 0 Å². The molecule has 0 radical (unpaired) electrons. The molecule has 0 unspecified atom stereocenters. The average Bonchev–Trinajstić information content (AvgIpc) is 2.16. The Morgan fingerprint density at radius 2 is 2.07 bits per heavy atom. The van der Waals surface area contributed by atoms with Gasteiger partial charge in [-0.2, -0.15) is 0 Å². The van der Waals surface area contributed by atoms with Gasteiger partial charge in [-0.15, -0.1) is 0 Å². The maximum absolute atomic E-state index is 11.5. The first-order valence-electron chi connectivity index (χ1n) is 5.50. The van der Waals surface area contributed by atoms with Crippen molar-refractivity contribution in [1.82, 2.24) is 5.48 Å². The summed E-state index contributed by atoms with van der Waals surface area (Å²) in [6.45, 7) is 6.48.